The van der Waals surface area contributed by atoms with E-state index in [0.717, 1.165) is 26.9 Å². The van der Waals surface area contributed by atoms with Gasteiger partial charge in [-0.25, -0.2) is 4.98 Å². The van der Waals surface area contributed by atoms with Crippen LogP contribution in [-0.2, 0) is 13.1 Å². The summed E-state index contributed by atoms with van der Waals surface area (Å²) in [4.78, 5) is 21.1. The Kier molecular flexibility index (Phi) is 4.98. The van der Waals surface area contributed by atoms with Gasteiger partial charge in [-0.05, 0) is 42.0 Å². The number of rotatable bonds is 5. The van der Waals surface area contributed by atoms with Crippen molar-refractivity contribution in [1.29, 1.82) is 0 Å². The van der Waals surface area contributed by atoms with Crippen molar-refractivity contribution < 1.29 is 4.79 Å². The molecule has 6 heteroatoms. The molecule has 0 aliphatic heterocycles. The van der Waals surface area contributed by atoms with Crippen molar-refractivity contribution in [2.45, 2.75) is 13.1 Å². The molecule has 5 nitrogen and oxygen atoms in total. The Morgan fingerprint density at radius 2 is 1.96 bits per heavy atom. The zero-order valence-corrected chi connectivity index (χ0v) is 16.1. The molecule has 2 heterocycles. The fourth-order valence-corrected chi connectivity index (χ4v) is 3.46. The number of carbonyl (C=O) groups excluding carboxylic acids is 1. The molecule has 2 aromatic carbocycles. The highest BCUT2D eigenvalue weighted by Crippen LogP contribution is 2.20. The molecule has 0 radical (unpaired) electrons. The second-order valence-electron chi connectivity index (χ2n) is 6.16. The highest BCUT2D eigenvalue weighted by molar-refractivity contribution is 9.10. The molecule has 0 aliphatic rings. The molecule has 134 valence electrons. The van der Waals surface area contributed by atoms with Crippen LogP contribution in [0.3, 0.4) is 0 Å². The van der Waals surface area contributed by atoms with Crippen molar-refractivity contribution in [1.82, 2.24) is 19.9 Å². The molecule has 0 aliphatic carbocycles. The summed E-state index contributed by atoms with van der Waals surface area (Å²) in [5.41, 5.74) is 3.65. The molecule has 2 aromatic heterocycles. The third kappa shape index (κ3) is 3.90. The van der Waals surface area contributed by atoms with E-state index < -0.39 is 0 Å². The number of halogens is 1. The van der Waals surface area contributed by atoms with Crippen LogP contribution in [0.5, 0.6) is 0 Å². The number of nitrogens with one attached hydrogen (secondary N) is 1. The van der Waals surface area contributed by atoms with E-state index in [1.165, 1.54) is 0 Å². The van der Waals surface area contributed by atoms with Crippen molar-refractivity contribution in [3.05, 3.63) is 94.5 Å². The highest BCUT2D eigenvalue weighted by atomic mass is 79.9. The summed E-state index contributed by atoms with van der Waals surface area (Å²) < 4.78 is 3.18. The van der Waals surface area contributed by atoms with Crippen LogP contribution in [0.1, 0.15) is 21.7 Å². The number of para-hydroxylation sites is 2. The predicted molar refractivity (Wildman–Crippen MR) is 108 cm³/mol. The molecule has 0 saturated heterocycles. The highest BCUT2D eigenvalue weighted by Gasteiger charge is 2.13. The minimum absolute atomic E-state index is 0.163. The summed E-state index contributed by atoms with van der Waals surface area (Å²) in [7, 11) is 0. The summed E-state index contributed by atoms with van der Waals surface area (Å²) in [5.74, 6) is 0.651. The van der Waals surface area contributed by atoms with Gasteiger partial charge in [0, 0.05) is 23.4 Å². The molecule has 0 fully saturated rings. The lowest BCUT2D eigenvalue weighted by atomic mass is 10.2. The zero-order valence-electron chi connectivity index (χ0n) is 14.5. The van der Waals surface area contributed by atoms with Gasteiger partial charge in [0.05, 0.1) is 23.1 Å². The molecule has 1 amide bonds. The third-order valence-electron chi connectivity index (χ3n) is 4.29. The molecule has 0 bridgehead atoms. The van der Waals surface area contributed by atoms with Gasteiger partial charge >= 0.3 is 0 Å². The molecule has 1 N–H and O–H groups in total. The maximum absolute atomic E-state index is 12.4. The third-order valence-corrected chi connectivity index (χ3v) is 4.79. The molecular weight excluding hydrogens is 404 g/mol. The number of nitrogens with zero attached hydrogens (tertiary/aromatic N) is 3. The van der Waals surface area contributed by atoms with E-state index in [1.54, 1.807) is 24.5 Å². The van der Waals surface area contributed by atoms with Gasteiger partial charge in [0.2, 0.25) is 0 Å². The van der Waals surface area contributed by atoms with Crippen molar-refractivity contribution >= 4 is 32.9 Å². The average Bonchev–Trinajstić information content (AvgIpc) is 3.04. The van der Waals surface area contributed by atoms with E-state index in [9.17, 15) is 4.79 Å². The summed E-state index contributed by atoms with van der Waals surface area (Å²) in [5, 5.41) is 2.94. The van der Waals surface area contributed by atoms with Crippen molar-refractivity contribution in [2.75, 3.05) is 0 Å². The number of carbonyl (C=O) groups is 1. The monoisotopic (exact) mass is 420 g/mol. The van der Waals surface area contributed by atoms with Crippen LogP contribution in [0.4, 0.5) is 0 Å². The van der Waals surface area contributed by atoms with Gasteiger partial charge in [0.25, 0.3) is 5.91 Å². The smallest absolute Gasteiger partial charge is 0.253 e. The molecule has 0 saturated carbocycles. The lowest BCUT2D eigenvalue weighted by Crippen LogP contribution is -2.25. The van der Waals surface area contributed by atoms with Gasteiger partial charge in [0.15, 0.2) is 0 Å². The summed E-state index contributed by atoms with van der Waals surface area (Å²) in [6.07, 6.45) is 3.20. The SMILES string of the molecule is O=C(NCc1nc2ccccc2n1Cc1cccc(Br)c1)c1cccnc1. The number of fused-ring (bicyclic) bond motifs is 1. The van der Waals surface area contributed by atoms with Gasteiger partial charge in [-0.3, -0.25) is 9.78 Å². The Morgan fingerprint density at radius 1 is 1.07 bits per heavy atom. The average molecular weight is 421 g/mol. The number of benzene rings is 2. The van der Waals surface area contributed by atoms with Gasteiger partial charge in [-0.1, -0.05) is 40.2 Å². The number of amides is 1. The Bertz CT molecular complexity index is 1090. The van der Waals surface area contributed by atoms with Gasteiger partial charge in [-0.15, -0.1) is 0 Å². The van der Waals surface area contributed by atoms with Crippen LogP contribution in [0, 0.1) is 0 Å². The summed E-state index contributed by atoms with van der Waals surface area (Å²) >= 11 is 3.52. The van der Waals surface area contributed by atoms with E-state index >= 15 is 0 Å². The Labute approximate surface area is 165 Å². The maximum atomic E-state index is 12.4. The number of imidazole rings is 1. The Balaban J connectivity index is 1.63. The minimum atomic E-state index is -0.163. The number of hydrogen-bond donors (Lipinski definition) is 1. The van der Waals surface area contributed by atoms with Gasteiger partial charge < -0.3 is 9.88 Å². The van der Waals surface area contributed by atoms with Crippen LogP contribution >= 0.6 is 15.9 Å². The van der Waals surface area contributed by atoms with E-state index in [4.69, 9.17) is 4.98 Å². The van der Waals surface area contributed by atoms with E-state index in [-0.39, 0.29) is 5.91 Å². The number of hydrogen-bond acceptors (Lipinski definition) is 3. The Hall–Kier alpha value is -2.99. The normalized spacial score (nSPS) is 10.9. The zero-order chi connectivity index (χ0) is 18.6. The fourth-order valence-electron chi connectivity index (χ4n) is 3.01. The quantitative estimate of drug-likeness (QED) is 0.526. The van der Waals surface area contributed by atoms with Crippen LogP contribution in [0.25, 0.3) is 11.0 Å². The van der Waals surface area contributed by atoms with Crippen LogP contribution in [0.2, 0.25) is 0 Å². The van der Waals surface area contributed by atoms with Gasteiger partial charge in [0.1, 0.15) is 5.82 Å². The number of aromatic nitrogens is 3. The maximum Gasteiger partial charge on any atom is 0.253 e. The standard InChI is InChI=1S/C21H17BrN4O/c22-17-7-3-5-15(11-17)14-26-19-9-2-1-8-18(19)25-20(26)13-24-21(27)16-6-4-10-23-12-16/h1-12H,13-14H2,(H,24,27). The lowest BCUT2D eigenvalue weighted by Gasteiger charge is -2.11. The molecule has 4 rings (SSSR count). The first-order chi connectivity index (χ1) is 13.2. The first-order valence-electron chi connectivity index (χ1n) is 8.57. The molecule has 0 unspecified atom stereocenters. The predicted octanol–water partition coefficient (Wildman–Crippen LogP) is 4.17. The number of pyridine rings is 1. The topological polar surface area (TPSA) is 59.8 Å². The fraction of sp³-hybridized carbons (Fsp3) is 0.0952. The molecule has 27 heavy (non-hydrogen) atoms. The minimum Gasteiger partial charge on any atom is -0.345 e. The molecule has 0 spiro atoms. The first-order valence-corrected chi connectivity index (χ1v) is 9.37. The molecular formula is C21H17BrN4O. The first kappa shape index (κ1) is 17.4. The van der Waals surface area contributed by atoms with Crippen molar-refractivity contribution in [3.8, 4) is 0 Å². The van der Waals surface area contributed by atoms with Crippen molar-refractivity contribution in [2.24, 2.45) is 0 Å². The van der Waals surface area contributed by atoms with Gasteiger partial charge in [-0.2, -0.15) is 0 Å². The largest absolute Gasteiger partial charge is 0.345 e. The molecule has 4 aromatic rings. The second kappa shape index (κ2) is 7.72. The van der Waals surface area contributed by atoms with E-state index in [2.05, 4.69) is 42.9 Å². The van der Waals surface area contributed by atoms with E-state index in [0.29, 0.717) is 18.7 Å². The Morgan fingerprint density at radius 3 is 2.78 bits per heavy atom. The summed E-state index contributed by atoms with van der Waals surface area (Å²) in [6.45, 7) is 1.02. The van der Waals surface area contributed by atoms with Crippen molar-refractivity contribution in [3.63, 3.8) is 0 Å². The van der Waals surface area contributed by atoms with E-state index in [1.807, 2.05) is 36.4 Å². The van der Waals surface area contributed by atoms with Crippen LogP contribution < -0.4 is 5.32 Å². The molecule has 0 atom stereocenters. The van der Waals surface area contributed by atoms with Crippen LogP contribution in [-0.4, -0.2) is 20.4 Å². The second-order valence-corrected chi connectivity index (χ2v) is 7.07. The lowest BCUT2D eigenvalue weighted by molar-refractivity contribution is 0.0949. The summed E-state index contributed by atoms with van der Waals surface area (Å²) in [6, 6.07) is 19.7. The van der Waals surface area contributed by atoms with Crippen LogP contribution in [0.15, 0.2) is 77.5 Å².